The molecule has 29 heavy (non-hydrogen) atoms. The molecule has 0 saturated heterocycles. The molecule has 0 N–H and O–H groups in total. The first-order valence-corrected chi connectivity index (χ1v) is 10.8. The minimum atomic E-state index is -0.313. The number of aryl methyl sites for hydroxylation is 2. The van der Waals surface area contributed by atoms with Crippen LogP contribution in [0.5, 0.6) is 0 Å². The van der Waals surface area contributed by atoms with Crippen LogP contribution >= 0.6 is 0 Å². The van der Waals surface area contributed by atoms with Gasteiger partial charge in [0.25, 0.3) is 0 Å². The molecular formula is C25H30N2O2. The standard InChI is InChI=1S/C25H30N2O2/c1-4-26-21-13-9-7-11-18(21)15-23(26)20(17-25(28)29-6-3)24-16-19-12-8-10-14-22(19)27(24)5-2/h4-5,15-17H,1-2,6-14H2,3H3. The summed E-state index contributed by atoms with van der Waals surface area (Å²) in [5.41, 5.74) is 8.27. The number of carbonyl (C=O) groups is 1. The Kier molecular flexibility index (Phi) is 5.61. The quantitative estimate of drug-likeness (QED) is 0.499. The normalized spacial score (nSPS) is 15.2. The van der Waals surface area contributed by atoms with Gasteiger partial charge in [0.2, 0.25) is 0 Å². The van der Waals surface area contributed by atoms with E-state index in [9.17, 15) is 4.79 Å². The van der Waals surface area contributed by atoms with Gasteiger partial charge in [-0.3, -0.25) is 0 Å². The molecular weight excluding hydrogens is 360 g/mol. The van der Waals surface area contributed by atoms with Gasteiger partial charge in [0, 0.05) is 35.4 Å². The molecule has 4 rings (SSSR count). The number of fused-ring (bicyclic) bond motifs is 2. The zero-order chi connectivity index (χ0) is 20.4. The Balaban J connectivity index is 1.92. The fraction of sp³-hybridized carbons (Fsp3) is 0.400. The number of nitrogens with zero attached hydrogens (tertiary/aromatic N) is 2. The van der Waals surface area contributed by atoms with Crippen LogP contribution in [-0.2, 0) is 35.2 Å². The van der Waals surface area contributed by atoms with Crippen molar-refractivity contribution >= 4 is 23.9 Å². The zero-order valence-corrected chi connectivity index (χ0v) is 17.4. The van der Waals surface area contributed by atoms with Gasteiger partial charge in [-0.05, 0) is 81.5 Å². The van der Waals surface area contributed by atoms with E-state index < -0.39 is 0 Å². The molecule has 2 heterocycles. The average molecular weight is 391 g/mol. The van der Waals surface area contributed by atoms with Gasteiger partial charge < -0.3 is 13.9 Å². The van der Waals surface area contributed by atoms with Crippen LogP contribution in [0.2, 0.25) is 0 Å². The SMILES string of the molecule is C=Cn1c(C(=CC(=O)OCC)c2cc3c(n2C=C)CCCC3)cc2c1CCCC2. The number of rotatable bonds is 6. The number of aromatic nitrogens is 2. The molecule has 0 aliphatic heterocycles. The molecule has 0 amide bonds. The molecule has 0 radical (unpaired) electrons. The predicted molar refractivity (Wildman–Crippen MR) is 119 cm³/mol. The number of hydrogen-bond donors (Lipinski definition) is 0. The second kappa shape index (κ2) is 8.32. The molecule has 0 aromatic carbocycles. The van der Waals surface area contributed by atoms with Crippen molar-refractivity contribution in [1.29, 1.82) is 0 Å². The van der Waals surface area contributed by atoms with Crippen molar-refractivity contribution in [1.82, 2.24) is 9.13 Å². The molecule has 0 atom stereocenters. The van der Waals surface area contributed by atoms with Crippen molar-refractivity contribution in [2.75, 3.05) is 6.61 Å². The van der Waals surface area contributed by atoms with Crippen molar-refractivity contribution < 1.29 is 9.53 Å². The topological polar surface area (TPSA) is 36.2 Å². The van der Waals surface area contributed by atoms with Crippen LogP contribution in [-0.4, -0.2) is 21.7 Å². The Bertz CT molecular complexity index is 919. The molecule has 2 aromatic rings. The Hall–Kier alpha value is -2.75. The maximum atomic E-state index is 12.5. The second-order valence-electron chi connectivity index (χ2n) is 7.83. The van der Waals surface area contributed by atoms with E-state index >= 15 is 0 Å². The number of hydrogen-bond acceptors (Lipinski definition) is 2. The lowest BCUT2D eigenvalue weighted by Gasteiger charge is -2.16. The third kappa shape index (κ3) is 3.52. The van der Waals surface area contributed by atoms with Gasteiger partial charge in [-0.15, -0.1) is 0 Å². The maximum Gasteiger partial charge on any atom is 0.331 e. The van der Waals surface area contributed by atoms with Crippen LogP contribution in [0, 0.1) is 0 Å². The predicted octanol–water partition coefficient (Wildman–Crippen LogP) is 5.24. The number of carbonyl (C=O) groups excluding carboxylic acids is 1. The molecule has 0 spiro atoms. The van der Waals surface area contributed by atoms with Crippen LogP contribution in [0.1, 0.15) is 66.5 Å². The lowest BCUT2D eigenvalue weighted by Crippen LogP contribution is -2.09. The number of esters is 1. The highest BCUT2D eigenvalue weighted by molar-refractivity contribution is 5.96. The Labute approximate surface area is 173 Å². The highest BCUT2D eigenvalue weighted by Gasteiger charge is 2.25. The summed E-state index contributed by atoms with van der Waals surface area (Å²) in [4.78, 5) is 12.5. The molecule has 152 valence electrons. The van der Waals surface area contributed by atoms with Gasteiger partial charge in [-0.25, -0.2) is 4.79 Å². The van der Waals surface area contributed by atoms with E-state index in [0.717, 1.165) is 42.6 Å². The highest BCUT2D eigenvalue weighted by Crippen LogP contribution is 2.35. The van der Waals surface area contributed by atoms with Crippen molar-refractivity contribution in [3.8, 4) is 0 Å². The van der Waals surface area contributed by atoms with E-state index in [2.05, 4.69) is 34.4 Å². The third-order valence-corrected chi connectivity index (χ3v) is 6.15. The summed E-state index contributed by atoms with van der Waals surface area (Å²) in [6.07, 6.45) is 14.5. The van der Waals surface area contributed by atoms with Crippen molar-refractivity contribution in [2.45, 2.75) is 58.3 Å². The van der Waals surface area contributed by atoms with E-state index in [4.69, 9.17) is 4.74 Å². The Morgan fingerprint density at radius 1 is 0.931 bits per heavy atom. The molecule has 0 fully saturated rings. The van der Waals surface area contributed by atoms with E-state index in [1.54, 1.807) is 6.08 Å². The second-order valence-corrected chi connectivity index (χ2v) is 7.83. The smallest absolute Gasteiger partial charge is 0.331 e. The molecule has 2 aliphatic carbocycles. The summed E-state index contributed by atoms with van der Waals surface area (Å²) in [6.45, 7) is 10.3. The van der Waals surface area contributed by atoms with E-state index in [-0.39, 0.29) is 5.97 Å². The van der Waals surface area contributed by atoms with E-state index in [1.807, 2.05) is 19.3 Å². The molecule has 4 nitrogen and oxygen atoms in total. The first kappa shape index (κ1) is 19.6. The van der Waals surface area contributed by atoms with Crippen molar-refractivity contribution in [2.24, 2.45) is 0 Å². The van der Waals surface area contributed by atoms with Crippen molar-refractivity contribution in [3.05, 3.63) is 65.3 Å². The lowest BCUT2D eigenvalue weighted by atomic mass is 9.97. The number of ether oxygens (including phenoxy) is 1. The van der Waals surface area contributed by atoms with E-state index in [1.165, 1.54) is 48.2 Å². The van der Waals surface area contributed by atoms with Crippen LogP contribution < -0.4 is 0 Å². The molecule has 2 aromatic heterocycles. The van der Waals surface area contributed by atoms with Crippen LogP contribution in [0.25, 0.3) is 18.0 Å². The summed E-state index contributed by atoms with van der Waals surface area (Å²) in [6, 6.07) is 4.47. The van der Waals surface area contributed by atoms with Crippen LogP contribution in [0.4, 0.5) is 0 Å². The first-order chi connectivity index (χ1) is 14.2. The monoisotopic (exact) mass is 390 g/mol. The Morgan fingerprint density at radius 2 is 1.41 bits per heavy atom. The molecule has 0 saturated carbocycles. The summed E-state index contributed by atoms with van der Waals surface area (Å²) >= 11 is 0. The summed E-state index contributed by atoms with van der Waals surface area (Å²) in [5.74, 6) is -0.313. The fourth-order valence-electron chi connectivity index (χ4n) is 4.86. The summed E-state index contributed by atoms with van der Waals surface area (Å²) in [7, 11) is 0. The maximum absolute atomic E-state index is 12.5. The van der Waals surface area contributed by atoms with Gasteiger partial charge in [-0.1, -0.05) is 13.2 Å². The van der Waals surface area contributed by atoms with Gasteiger partial charge in [0.15, 0.2) is 0 Å². The van der Waals surface area contributed by atoms with Gasteiger partial charge in [0.05, 0.1) is 18.0 Å². The molecule has 0 bridgehead atoms. The van der Waals surface area contributed by atoms with E-state index in [0.29, 0.717) is 6.61 Å². The molecule has 4 heteroatoms. The zero-order valence-electron chi connectivity index (χ0n) is 17.4. The molecule has 2 aliphatic rings. The lowest BCUT2D eigenvalue weighted by molar-refractivity contribution is -0.137. The highest BCUT2D eigenvalue weighted by atomic mass is 16.5. The van der Waals surface area contributed by atoms with Crippen LogP contribution in [0.15, 0.2) is 31.4 Å². The molecule has 0 unspecified atom stereocenters. The van der Waals surface area contributed by atoms with Gasteiger partial charge in [0.1, 0.15) is 0 Å². The first-order valence-electron chi connectivity index (χ1n) is 10.8. The van der Waals surface area contributed by atoms with Crippen LogP contribution in [0.3, 0.4) is 0 Å². The van der Waals surface area contributed by atoms with Gasteiger partial charge in [-0.2, -0.15) is 0 Å². The van der Waals surface area contributed by atoms with Gasteiger partial charge >= 0.3 is 5.97 Å². The largest absolute Gasteiger partial charge is 0.463 e. The average Bonchev–Trinajstić information content (AvgIpc) is 3.30. The van der Waals surface area contributed by atoms with Crippen molar-refractivity contribution in [3.63, 3.8) is 0 Å². The Morgan fingerprint density at radius 3 is 1.86 bits per heavy atom. The summed E-state index contributed by atoms with van der Waals surface area (Å²) < 4.78 is 9.61. The third-order valence-electron chi connectivity index (χ3n) is 6.15. The minimum absolute atomic E-state index is 0.313. The minimum Gasteiger partial charge on any atom is -0.463 e. The fourth-order valence-corrected chi connectivity index (χ4v) is 4.86. The summed E-state index contributed by atoms with van der Waals surface area (Å²) in [5, 5.41) is 0.